The van der Waals surface area contributed by atoms with E-state index >= 15 is 0 Å². The Kier molecular flexibility index (Phi) is 12.4. The van der Waals surface area contributed by atoms with Crippen molar-refractivity contribution in [3.63, 3.8) is 0 Å². The van der Waals surface area contributed by atoms with Crippen LogP contribution in [0.15, 0.2) is 0 Å². The molecule has 0 aliphatic heterocycles. The molecule has 0 aromatic rings. The average Bonchev–Trinajstić information content (AvgIpc) is 2.29. The van der Waals surface area contributed by atoms with Crippen LogP contribution >= 0.6 is 0 Å². The summed E-state index contributed by atoms with van der Waals surface area (Å²) in [4.78, 5) is 0. The normalized spacial score (nSPS) is 11.6. The zero-order valence-corrected chi connectivity index (χ0v) is 14.7. The summed E-state index contributed by atoms with van der Waals surface area (Å²) in [6, 6.07) is 0. The second-order valence-electron chi connectivity index (χ2n) is 3.67. The molecule has 3 heteroatoms. The molecule has 1 nitrogen and oxygen atoms in total. The van der Waals surface area contributed by atoms with Crippen molar-refractivity contribution in [3.05, 3.63) is 0 Å². The van der Waals surface area contributed by atoms with Gasteiger partial charge in [0.25, 0.3) is 0 Å². The Morgan fingerprint density at radius 1 is 0.667 bits per heavy atom. The van der Waals surface area contributed by atoms with Crippen LogP contribution in [0.1, 0.15) is 27.7 Å². The molecular weight excluding hydrogens is 310 g/mol. The van der Waals surface area contributed by atoms with E-state index in [1.54, 1.807) is 0 Å². The fraction of sp³-hybridized carbons (Fsp3) is 1.00. The first-order valence-electron chi connectivity index (χ1n) is 6.30. The Hall–Kier alpha value is 1.08. The van der Waals surface area contributed by atoms with E-state index in [1.165, 1.54) is 31.3 Å². The van der Waals surface area contributed by atoms with Crippen LogP contribution in [0, 0.1) is 0 Å². The molecule has 0 saturated heterocycles. The van der Waals surface area contributed by atoms with Crippen molar-refractivity contribution < 1.29 is 4.74 Å². The summed E-state index contributed by atoms with van der Waals surface area (Å²) >= 11 is -0.901. The van der Waals surface area contributed by atoms with E-state index in [9.17, 15) is 0 Å². The third kappa shape index (κ3) is 8.84. The van der Waals surface area contributed by atoms with Gasteiger partial charge in [-0.25, -0.2) is 0 Å². The summed E-state index contributed by atoms with van der Waals surface area (Å²) in [6.07, 6.45) is 0. The van der Waals surface area contributed by atoms with Crippen molar-refractivity contribution in [1.82, 2.24) is 0 Å². The zero-order chi connectivity index (χ0) is 11.5. The number of hydrogen-bond acceptors (Lipinski definition) is 1. The van der Waals surface area contributed by atoms with Crippen molar-refractivity contribution in [2.45, 2.75) is 58.9 Å². The van der Waals surface area contributed by atoms with Gasteiger partial charge in [-0.1, -0.05) is 0 Å². The third-order valence-electron chi connectivity index (χ3n) is 2.89. The minimum atomic E-state index is -0.451. The van der Waals surface area contributed by atoms with Crippen molar-refractivity contribution in [2.24, 2.45) is 0 Å². The molecule has 0 atom stereocenters. The summed E-state index contributed by atoms with van der Waals surface area (Å²) < 4.78 is 5.77. The fourth-order valence-corrected chi connectivity index (χ4v) is 7.72. The predicted molar refractivity (Wildman–Crippen MR) is 73.9 cm³/mol. The summed E-state index contributed by atoms with van der Waals surface area (Å²) in [7, 11) is 0. The quantitative estimate of drug-likeness (QED) is 0.431. The summed E-state index contributed by atoms with van der Waals surface area (Å²) in [5, 5.41) is 8.63. The molecule has 0 fully saturated rings. The van der Waals surface area contributed by atoms with Crippen LogP contribution in [0.5, 0.6) is 0 Å². The topological polar surface area (TPSA) is 9.23 Å². The molecule has 0 unspecified atom stereocenters. The van der Waals surface area contributed by atoms with E-state index in [1.807, 2.05) is 0 Å². The molecule has 0 aromatic carbocycles. The maximum atomic E-state index is 5.77. The molecule has 15 heavy (non-hydrogen) atoms. The first-order valence-corrected chi connectivity index (χ1v) is 14.3. The van der Waals surface area contributed by atoms with E-state index in [0.717, 1.165) is 13.2 Å². The van der Waals surface area contributed by atoms with Crippen LogP contribution < -0.4 is 0 Å². The van der Waals surface area contributed by atoms with Gasteiger partial charge < -0.3 is 0 Å². The standard InChI is InChI=1S/C12H28As2O/c1-5-13(6-2)9-11-15-12-10-14(7-3)8-4/h5-12H2,1-4H3. The third-order valence-corrected chi connectivity index (χ3v) is 13.8. The molecule has 0 rings (SSSR count). The van der Waals surface area contributed by atoms with Gasteiger partial charge in [0.2, 0.25) is 0 Å². The number of hydrogen-bond donors (Lipinski definition) is 0. The fourth-order valence-electron chi connectivity index (χ4n) is 1.57. The van der Waals surface area contributed by atoms with Crippen molar-refractivity contribution in [1.29, 1.82) is 0 Å². The molecule has 0 aliphatic carbocycles. The minimum absolute atomic E-state index is 0.451. The zero-order valence-electron chi connectivity index (χ0n) is 11.0. The van der Waals surface area contributed by atoms with Gasteiger partial charge in [0, 0.05) is 0 Å². The maximum absolute atomic E-state index is 5.77. The van der Waals surface area contributed by atoms with Gasteiger partial charge in [-0.3, -0.25) is 0 Å². The van der Waals surface area contributed by atoms with E-state index < -0.39 is 29.3 Å². The first kappa shape index (κ1) is 16.1. The monoisotopic (exact) mass is 338 g/mol. The molecule has 0 spiro atoms. The Morgan fingerprint density at radius 2 is 1.00 bits per heavy atom. The van der Waals surface area contributed by atoms with Crippen LogP contribution in [0.2, 0.25) is 31.3 Å². The number of ether oxygens (including phenoxy) is 1. The van der Waals surface area contributed by atoms with Gasteiger partial charge >= 0.3 is 106 Å². The Balaban J connectivity index is 3.30. The molecule has 0 heterocycles. The Labute approximate surface area is 106 Å². The van der Waals surface area contributed by atoms with Crippen LogP contribution in [-0.2, 0) is 4.74 Å². The van der Waals surface area contributed by atoms with E-state index in [-0.39, 0.29) is 0 Å². The van der Waals surface area contributed by atoms with Gasteiger partial charge in [0.1, 0.15) is 0 Å². The van der Waals surface area contributed by atoms with Crippen molar-refractivity contribution >= 4 is 29.3 Å². The first-order chi connectivity index (χ1) is 7.28. The number of rotatable bonds is 10. The average molecular weight is 338 g/mol. The van der Waals surface area contributed by atoms with E-state index in [2.05, 4.69) is 27.7 Å². The van der Waals surface area contributed by atoms with E-state index in [0.29, 0.717) is 0 Å². The summed E-state index contributed by atoms with van der Waals surface area (Å²) in [5.41, 5.74) is 0. The molecular formula is C12H28As2O. The van der Waals surface area contributed by atoms with Crippen molar-refractivity contribution in [2.75, 3.05) is 13.2 Å². The van der Waals surface area contributed by atoms with Gasteiger partial charge in [-0.2, -0.15) is 0 Å². The van der Waals surface area contributed by atoms with Gasteiger partial charge in [-0.05, 0) is 0 Å². The van der Waals surface area contributed by atoms with Crippen LogP contribution in [0.25, 0.3) is 0 Å². The molecule has 0 aromatic heterocycles. The molecule has 0 N–H and O–H groups in total. The van der Waals surface area contributed by atoms with E-state index in [4.69, 9.17) is 4.74 Å². The van der Waals surface area contributed by atoms with Crippen LogP contribution in [0.4, 0.5) is 0 Å². The molecule has 0 bridgehead atoms. The predicted octanol–water partition coefficient (Wildman–Crippen LogP) is 4.07. The Bertz CT molecular complexity index is 109. The molecule has 0 amide bonds. The molecule has 0 aliphatic rings. The van der Waals surface area contributed by atoms with Gasteiger partial charge in [0.05, 0.1) is 0 Å². The van der Waals surface area contributed by atoms with Crippen LogP contribution in [0.3, 0.4) is 0 Å². The van der Waals surface area contributed by atoms with Crippen LogP contribution in [-0.4, -0.2) is 42.5 Å². The Morgan fingerprint density at radius 3 is 1.27 bits per heavy atom. The van der Waals surface area contributed by atoms with Crippen molar-refractivity contribution in [3.8, 4) is 0 Å². The second-order valence-corrected chi connectivity index (χ2v) is 16.5. The SMILES string of the molecule is CC[As](CC)CCOCC[As](CC)CC. The molecule has 0 radical (unpaired) electrons. The summed E-state index contributed by atoms with van der Waals surface area (Å²) in [5.74, 6) is 0. The van der Waals surface area contributed by atoms with Gasteiger partial charge in [0.15, 0.2) is 0 Å². The van der Waals surface area contributed by atoms with Gasteiger partial charge in [-0.15, -0.1) is 0 Å². The summed E-state index contributed by atoms with van der Waals surface area (Å²) in [6.45, 7) is 11.5. The second kappa shape index (κ2) is 11.6. The molecule has 92 valence electrons. The molecule has 0 saturated carbocycles.